The lowest BCUT2D eigenvalue weighted by Crippen LogP contribution is -2.02. The third kappa shape index (κ3) is 2.25. The fourth-order valence-corrected chi connectivity index (χ4v) is 1.94. The molecule has 0 spiro atoms. The summed E-state index contributed by atoms with van der Waals surface area (Å²) in [4.78, 5) is 11.0. The molecule has 1 heterocycles. The molecule has 18 heavy (non-hydrogen) atoms. The fraction of sp³-hybridized carbons (Fsp3) is 0.200. The molecular formula is C15H16N2O. The summed E-state index contributed by atoms with van der Waals surface area (Å²) in [5.74, 6) is 0. The number of hydrogen-bond acceptors (Lipinski definition) is 2. The van der Waals surface area contributed by atoms with Gasteiger partial charge in [0, 0.05) is 5.56 Å². The molecule has 92 valence electrons. The zero-order valence-corrected chi connectivity index (χ0v) is 10.7. The smallest absolute Gasteiger partial charge is 0.168 e. The molecule has 3 heteroatoms. The molecule has 0 radical (unpaired) electrons. The van der Waals surface area contributed by atoms with Gasteiger partial charge in [-0.2, -0.15) is 5.10 Å². The van der Waals surface area contributed by atoms with E-state index in [2.05, 4.69) is 29.9 Å². The van der Waals surface area contributed by atoms with E-state index in [1.807, 2.05) is 19.9 Å². The highest BCUT2D eigenvalue weighted by molar-refractivity contribution is 5.76. The van der Waals surface area contributed by atoms with Crippen molar-refractivity contribution in [1.29, 1.82) is 0 Å². The Morgan fingerprint density at radius 3 is 2.78 bits per heavy atom. The van der Waals surface area contributed by atoms with Crippen molar-refractivity contribution in [3.63, 3.8) is 0 Å². The second kappa shape index (κ2) is 5.00. The van der Waals surface area contributed by atoms with Gasteiger partial charge in [-0.15, -0.1) is 6.58 Å². The molecule has 0 bridgehead atoms. The Balaban J connectivity index is 2.53. The van der Waals surface area contributed by atoms with E-state index in [0.29, 0.717) is 12.2 Å². The van der Waals surface area contributed by atoms with E-state index < -0.39 is 0 Å². The maximum absolute atomic E-state index is 11.0. The maximum Gasteiger partial charge on any atom is 0.168 e. The second-order valence-corrected chi connectivity index (χ2v) is 4.36. The Labute approximate surface area is 107 Å². The SMILES string of the molecule is C=CCn1nc(-c2cc(C)ccc2C)cc1C=O. The molecule has 0 saturated heterocycles. The summed E-state index contributed by atoms with van der Waals surface area (Å²) in [6, 6.07) is 8.04. The first-order chi connectivity index (χ1) is 8.65. The highest BCUT2D eigenvalue weighted by Gasteiger charge is 2.10. The van der Waals surface area contributed by atoms with Gasteiger partial charge in [0.1, 0.15) is 5.69 Å². The van der Waals surface area contributed by atoms with Gasteiger partial charge in [0.2, 0.25) is 0 Å². The highest BCUT2D eigenvalue weighted by atomic mass is 16.1. The van der Waals surface area contributed by atoms with Crippen LogP contribution in [0.25, 0.3) is 11.3 Å². The lowest BCUT2D eigenvalue weighted by atomic mass is 10.0. The predicted octanol–water partition coefficient (Wildman–Crippen LogP) is 3.17. The van der Waals surface area contributed by atoms with Crippen LogP contribution in [0, 0.1) is 13.8 Å². The summed E-state index contributed by atoms with van der Waals surface area (Å²) in [6.07, 6.45) is 2.55. The van der Waals surface area contributed by atoms with Gasteiger partial charge in [-0.3, -0.25) is 9.48 Å². The number of carbonyl (C=O) groups excluding carboxylic acids is 1. The van der Waals surface area contributed by atoms with E-state index in [4.69, 9.17) is 0 Å². The van der Waals surface area contributed by atoms with Crippen molar-refractivity contribution in [2.24, 2.45) is 0 Å². The van der Waals surface area contributed by atoms with Crippen molar-refractivity contribution >= 4 is 6.29 Å². The number of nitrogens with zero attached hydrogens (tertiary/aromatic N) is 2. The van der Waals surface area contributed by atoms with E-state index in [-0.39, 0.29) is 0 Å². The molecule has 0 aliphatic heterocycles. The standard InChI is InChI=1S/C15H16N2O/c1-4-7-17-13(10-18)9-15(16-17)14-8-11(2)5-6-12(14)3/h4-6,8-10H,1,7H2,2-3H3. The third-order valence-corrected chi connectivity index (χ3v) is 2.90. The zero-order chi connectivity index (χ0) is 13.1. The van der Waals surface area contributed by atoms with Crippen LogP contribution >= 0.6 is 0 Å². The van der Waals surface area contributed by atoms with E-state index in [0.717, 1.165) is 23.1 Å². The van der Waals surface area contributed by atoms with Crippen LogP contribution < -0.4 is 0 Å². The second-order valence-electron chi connectivity index (χ2n) is 4.36. The molecular weight excluding hydrogens is 224 g/mol. The van der Waals surface area contributed by atoms with Crippen LogP contribution in [0.2, 0.25) is 0 Å². The van der Waals surface area contributed by atoms with Crippen LogP contribution in [0.15, 0.2) is 36.9 Å². The summed E-state index contributed by atoms with van der Waals surface area (Å²) >= 11 is 0. The molecule has 0 unspecified atom stereocenters. The minimum atomic E-state index is 0.541. The number of aldehydes is 1. The van der Waals surface area contributed by atoms with E-state index in [9.17, 15) is 4.79 Å². The predicted molar refractivity (Wildman–Crippen MR) is 72.7 cm³/mol. The normalized spacial score (nSPS) is 10.3. The largest absolute Gasteiger partial charge is 0.296 e. The Morgan fingerprint density at radius 2 is 2.11 bits per heavy atom. The van der Waals surface area contributed by atoms with Gasteiger partial charge < -0.3 is 0 Å². The lowest BCUT2D eigenvalue weighted by molar-refractivity contribution is 0.111. The Morgan fingerprint density at radius 1 is 1.33 bits per heavy atom. The summed E-state index contributed by atoms with van der Waals surface area (Å²) < 4.78 is 1.66. The van der Waals surface area contributed by atoms with Crippen molar-refractivity contribution in [2.75, 3.05) is 0 Å². The first kappa shape index (κ1) is 12.3. The fourth-order valence-electron chi connectivity index (χ4n) is 1.94. The summed E-state index contributed by atoms with van der Waals surface area (Å²) in [7, 11) is 0. The van der Waals surface area contributed by atoms with Crippen molar-refractivity contribution in [2.45, 2.75) is 20.4 Å². The van der Waals surface area contributed by atoms with E-state index in [1.54, 1.807) is 10.8 Å². The Bertz CT molecular complexity index is 597. The summed E-state index contributed by atoms with van der Waals surface area (Å²) in [6.45, 7) is 8.30. The number of aryl methyl sites for hydroxylation is 2. The molecule has 0 fully saturated rings. The molecule has 0 amide bonds. The van der Waals surface area contributed by atoms with Crippen LogP contribution in [-0.2, 0) is 6.54 Å². The van der Waals surface area contributed by atoms with Gasteiger partial charge in [0.15, 0.2) is 6.29 Å². The highest BCUT2D eigenvalue weighted by Crippen LogP contribution is 2.23. The monoisotopic (exact) mass is 240 g/mol. The maximum atomic E-state index is 11.0. The minimum Gasteiger partial charge on any atom is -0.296 e. The molecule has 2 aromatic rings. The first-order valence-electron chi connectivity index (χ1n) is 5.87. The van der Waals surface area contributed by atoms with Crippen LogP contribution in [0.3, 0.4) is 0 Å². The third-order valence-electron chi connectivity index (χ3n) is 2.90. The molecule has 0 atom stereocenters. The number of rotatable bonds is 4. The molecule has 0 aliphatic rings. The number of allylic oxidation sites excluding steroid dienone is 1. The number of aromatic nitrogens is 2. The topological polar surface area (TPSA) is 34.9 Å². The van der Waals surface area contributed by atoms with E-state index >= 15 is 0 Å². The van der Waals surface area contributed by atoms with Crippen LogP contribution in [0.5, 0.6) is 0 Å². The van der Waals surface area contributed by atoms with Crippen LogP contribution in [0.4, 0.5) is 0 Å². The Hall–Kier alpha value is -2.16. The average molecular weight is 240 g/mol. The minimum absolute atomic E-state index is 0.541. The molecule has 3 nitrogen and oxygen atoms in total. The van der Waals surface area contributed by atoms with Crippen molar-refractivity contribution in [1.82, 2.24) is 9.78 Å². The number of carbonyl (C=O) groups is 1. The quantitative estimate of drug-likeness (QED) is 0.607. The van der Waals surface area contributed by atoms with Crippen molar-refractivity contribution in [3.8, 4) is 11.3 Å². The molecule has 0 aliphatic carbocycles. The molecule has 1 aromatic carbocycles. The van der Waals surface area contributed by atoms with Gasteiger partial charge in [0.25, 0.3) is 0 Å². The number of hydrogen-bond donors (Lipinski definition) is 0. The van der Waals surface area contributed by atoms with Gasteiger partial charge in [-0.25, -0.2) is 0 Å². The van der Waals surface area contributed by atoms with E-state index in [1.165, 1.54) is 5.56 Å². The first-order valence-corrected chi connectivity index (χ1v) is 5.87. The molecule has 0 N–H and O–H groups in total. The molecule has 0 saturated carbocycles. The van der Waals surface area contributed by atoms with Crippen molar-refractivity contribution < 1.29 is 4.79 Å². The van der Waals surface area contributed by atoms with Gasteiger partial charge in [-0.05, 0) is 31.5 Å². The number of benzene rings is 1. The summed E-state index contributed by atoms with van der Waals surface area (Å²) in [5.41, 5.74) is 4.81. The Kier molecular flexibility index (Phi) is 3.42. The molecule has 1 aromatic heterocycles. The van der Waals surface area contributed by atoms with Crippen LogP contribution in [0.1, 0.15) is 21.6 Å². The summed E-state index contributed by atoms with van der Waals surface area (Å²) in [5, 5.41) is 4.46. The van der Waals surface area contributed by atoms with Gasteiger partial charge in [0.05, 0.1) is 12.2 Å². The zero-order valence-electron chi connectivity index (χ0n) is 10.7. The lowest BCUT2D eigenvalue weighted by Gasteiger charge is -2.03. The van der Waals surface area contributed by atoms with Crippen molar-refractivity contribution in [3.05, 3.63) is 53.7 Å². The molecule has 2 rings (SSSR count). The van der Waals surface area contributed by atoms with Gasteiger partial charge in [-0.1, -0.05) is 23.8 Å². The van der Waals surface area contributed by atoms with Gasteiger partial charge >= 0.3 is 0 Å². The van der Waals surface area contributed by atoms with Crippen LogP contribution in [-0.4, -0.2) is 16.1 Å². The average Bonchev–Trinajstić information content (AvgIpc) is 2.76.